The minimum atomic E-state index is -0.489. The zero-order valence-corrected chi connectivity index (χ0v) is 14.4. The van der Waals surface area contributed by atoms with Crippen molar-refractivity contribution >= 4 is 28.5 Å². The van der Waals surface area contributed by atoms with Gasteiger partial charge in [-0.2, -0.15) is 5.10 Å². The Bertz CT molecular complexity index is 1150. The first-order valence-corrected chi connectivity index (χ1v) is 8.39. The lowest BCUT2D eigenvalue weighted by atomic mass is 10.0. The quantitative estimate of drug-likeness (QED) is 0.599. The number of aryl methyl sites for hydroxylation is 1. The van der Waals surface area contributed by atoms with E-state index in [4.69, 9.17) is 21.8 Å². The molecule has 2 N–H and O–H groups in total. The summed E-state index contributed by atoms with van der Waals surface area (Å²) >= 11 is 5.97. The third-order valence-corrected chi connectivity index (χ3v) is 4.42. The summed E-state index contributed by atoms with van der Waals surface area (Å²) in [6, 6.07) is 14.4. The highest BCUT2D eigenvalue weighted by Crippen LogP contribution is 2.37. The molecule has 1 amide bonds. The molecule has 0 unspecified atom stereocenters. The summed E-state index contributed by atoms with van der Waals surface area (Å²) in [5.41, 5.74) is 7.12. The first kappa shape index (κ1) is 16.4. The minimum Gasteiger partial charge on any atom is -0.455 e. The number of para-hydroxylation sites is 1. The fourth-order valence-corrected chi connectivity index (χ4v) is 3.05. The second kappa shape index (κ2) is 6.31. The smallest absolute Gasteiger partial charge is 0.280 e. The van der Waals surface area contributed by atoms with E-state index in [0.29, 0.717) is 27.6 Å². The highest BCUT2D eigenvalue weighted by molar-refractivity contribution is 6.30. The average Bonchev–Trinajstić information content (AvgIpc) is 2.97. The van der Waals surface area contributed by atoms with Gasteiger partial charge in [0.25, 0.3) is 5.56 Å². The maximum Gasteiger partial charge on any atom is 0.280 e. The molecule has 2 aliphatic heterocycles. The molecule has 7 heteroatoms. The lowest BCUT2D eigenvalue weighted by molar-refractivity contribution is -0.118. The van der Waals surface area contributed by atoms with E-state index in [0.717, 1.165) is 10.9 Å². The van der Waals surface area contributed by atoms with E-state index in [1.165, 1.54) is 4.68 Å². The third-order valence-electron chi connectivity index (χ3n) is 4.16. The van der Waals surface area contributed by atoms with Crippen molar-refractivity contribution in [1.29, 1.82) is 0 Å². The molecule has 6 nitrogen and oxygen atoms in total. The van der Waals surface area contributed by atoms with Gasteiger partial charge in [0.15, 0.2) is 0 Å². The number of fused-ring (bicyclic) bond motifs is 3. The summed E-state index contributed by atoms with van der Waals surface area (Å²) in [5.74, 6) is -0.0675. The van der Waals surface area contributed by atoms with Gasteiger partial charge in [-0.1, -0.05) is 23.7 Å². The number of amides is 1. The molecule has 4 rings (SSSR count). The predicted molar refractivity (Wildman–Crippen MR) is 99.1 cm³/mol. The number of primary amides is 1. The highest BCUT2D eigenvalue weighted by Gasteiger charge is 2.25. The number of nitrogens with two attached hydrogens (primary N) is 1. The Morgan fingerprint density at radius 1 is 1.15 bits per heavy atom. The van der Waals surface area contributed by atoms with Gasteiger partial charge in [-0.3, -0.25) is 9.59 Å². The summed E-state index contributed by atoms with van der Waals surface area (Å²) in [6.07, 6.45) is 0.0363. The van der Waals surface area contributed by atoms with Crippen LogP contribution in [0.1, 0.15) is 6.42 Å². The SMILES string of the molecule is NC(=O)CCn1nc2c3ccccc3oc(-c3ccc(Cl)cc3)c-2c1=O. The molecule has 26 heavy (non-hydrogen) atoms. The second-order valence-electron chi connectivity index (χ2n) is 5.90. The molecule has 2 aromatic rings. The molecule has 2 aromatic carbocycles. The Morgan fingerprint density at radius 3 is 2.62 bits per heavy atom. The average molecular weight is 368 g/mol. The fraction of sp³-hybridized carbons (Fsp3) is 0.105. The lowest BCUT2D eigenvalue weighted by Gasteiger charge is -2.08. The Labute approximate surface area is 153 Å². The third kappa shape index (κ3) is 2.74. The monoisotopic (exact) mass is 367 g/mol. The van der Waals surface area contributed by atoms with Crippen LogP contribution in [0, 0.1) is 0 Å². The number of carbonyl (C=O) groups is 1. The van der Waals surface area contributed by atoms with Gasteiger partial charge in [0.1, 0.15) is 22.6 Å². The van der Waals surface area contributed by atoms with Crippen LogP contribution in [0.5, 0.6) is 0 Å². The first-order chi connectivity index (χ1) is 12.5. The van der Waals surface area contributed by atoms with E-state index >= 15 is 0 Å². The van der Waals surface area contributed by atoms with Gasteiger partial charge in [0.2, 0.25) is 5.91 Å². The zero-order chi connectivity index (χ0) is 18.3. The summed E-state index contributed by atoms with van der Waals surface area (Å²) in [4.78, 5) is 24.0. The van der Waals surface area contributed by atoms with Crippen molar-refractivity contribution in [2.45, 2.75) is 13.0 Å². The van der Waals surface area contributed by atoms with Crippen LogP contribution in [0.3, 0.4) is 0 Å². The van der Waals surface area contributed by atoms with Crippen LogP contribution in [-0.4, -0.2) is 15.7 Å². The van der Waals surface area contributed by atoms with Gasteiger partial charge in [0.05, 0.1) is 6.54 Å². The first-order valence-electron chi connectivity index (χ1n) is 8.01. The number of carbonyl (C=O) groups excluding carboxylic acids is 1. The highest BCUT2D eigenvalue weighted by atomic mass is 35.5. The summed E-state index contributed by atoms with van der Waals surface area (Å²) < 4.78 is 7.29. The molecule has 0 bridgehead atoms. The molecule has 0 saturated carbocycles. The topological polar surface area (TPSA) is 91.1 Å². The summed E-state index contributed by atoms with van der Waals surface area (Å²) in [5, 5.41) is 5.75. The number of halogens is 1. The number of hydrogen-bond acceptors (Lipinski definition) is 4. The molecule has 0 spiro atoms. The van der Waals surface area contributed by atoms with Crippen LogP contribution in [0.25, 0.3) is 33.6 Å². The van der Waals surface area contributed by atoms with E-state index in [9.17, 15) is 9.59 Å². The lowest BCUT2D eigenvalue weighted by Crippen LogP contribution is -2.21. The molecule has 0 atom stereocenters. The van der Waals surface area contributed by atoms with E-state index in [2.05, 4.69) is 5.10 Å². The van der Waals surface area contributed by atoms with Gasteiger partial charge in [-0.05, 0) is 36.4 Å². The van der Waals surface area contributed by atoms with Crippen molar-refractivity contribution < 1.29 is 9.21 Å². The zero-order valence-electron chi connectivity index (χ0n) is 13.6. The Hall–Kier alpha value is -3.12. The molecule has 2 aliphatic rings. The van der Waals surface area contributed by atoms with E-state index in [1.807, 2.05) is 24.3 Å². The van der Waals surface area contributed by atoms with Crippen LogP contribution in [0.4, 0.5) is 0 Å². The number of rotatable bonds is 4. The van der Waals surface area contributed by atoms with Crippen molar-refractivity contribution in [3.63, 3.8) is 0 Å². The molecule has 0 aromatic heterocycles. The maximum absolute atomic E-state index is 12.9. The molecular formula is C19H14ClN3O3. The minimum absolute atomic E-state index is 0.0363. The molecule has 130 valence electrons. The van der Waals surface area contributed by atoms with Crippen LogP contribution in [-0.2, 0) is 11.3 Å². The fourth-order valence-electron chi connectivity index (χ4n) is 2.92. The van der Waals surface area contributed by atoms with E-state index < -0.39 is 5.91 Å². The second-order valence-corrected chi connectivity index (χ2v) is 6.34. The molecule has 0 saturated heterocycles. The summed E-state index contributed by atoms with van der Waals surface area (Å²) in [6.45, 7) is 0.122. The van der Waals surface area contributed by atoms with Crippen molar-refractivity contribution in [1.82, 2.24) is 9.78 Å². The van der Waals surface area contributed by atoms with Gasteiger partial charge < -0.3 is 10.2 Å². The van der Waals surface area contributed by atoms with Crippen LogP contribution >= 0.6 is 11.6 Å². The molecule has 0 fully saturated rings. The maximum atomic E-state index is 12.9. The van der Waals surface area contributed by atoms with Crippen molar-refractivity contribution in [2.24, 2.45) is 5.73 Å². The Balaban J connectivity index is 2.02. The van der Waals surface area contributed by atoms with E-state index in [1.54, 1.807) is 24.3 Å². The van der Waals surface area contributed by atoms with Gasteiger partial charge >= 0.3 is 0 Å². The van der Waals surface area contributed by atoms with Crippen molar-refractivity contribution in [3.8, 4) is 22.6 Å². The number of nitrogens with zero attached hydrogens (tertiary/aromatic N) is 2. The van der Waals surface area contributed by atoms with Gasteiger partial charge in [-0.25, -0.2) is 4.68 Å². The molecule has 2 heterocycles. The number of benzene rings is 2. The van der Waals surface area contributed by atoms with Gasteiger partial charge in [0, 0.05) is 22.4 Å². The Kier molecular flexibility index (Phi) is 3.97. The predicted octanol–water partition coefficient (Wildman–Crippen LogP) is 3.29. The van der Waals surface area contributed by atoms with Crippen molar-refractivity contribution in [2.75, 3.05) is 0 Å². The van der Waals surface area contributed by atoms with Crippen LogP contribution in [0.15, 0.2) is 57.7 Å². The largest absolute Gasteiger partial charge is 0.455 e. The summed E-state index contributed by atoms with van der Waals surface area (Å²) in [7, 11) is 0. The normalized spacial score (nSPS) is 11.3. The number of hydrogen-bond donors (Lipinski definition) is 1. The number of aromatic nitrogens is 2. The van der Waals surface area contributed by atoms with E-state index in [-0.39, 0.29) is 18.5 Å². The standard InChI is InChI=1S/C19H14ClN3O3/c20-12-7-5-11(6-8-12)18-16-17(13-3-1-2-4-14(13)26-18)22-23(19(16)25)10-9-15(21)24/h1-8H,9-10H2,(H2,21,24). The molecular weight excluding hydrogens is 354 g/mol. The Morgan fingerprint density at radius 2 is 1.88 bits per heavy atom. The van der Waals surface area contributed by atoms with Crippen LogP contribution in [0.2, 0.25) is 5.02 Å². The van der Waals surface area contributed by atoms with Crippen molar-refractivity contribution in [3.05, 3.63) is 63.9 Å². The van der Waals surface area contributed by atoms with Crippen LogP contribution < -0.4 is 11.3 Å². The molecule has 0 aliphatic carbocycles. The molecule has 0 radical (unpaired) electrons. The van der Waals surface area contributed by atoms with Gasteiger partial charge in [-0.15, -0.1) is 0 Å².